The smallest absolute Gasteiger partial charge is 0.260 e. The molecule has 0 unspecified atom stereocenters. The van der Waals surface area contributed by atoms with Gasteiger partial charge in [-0.25, -0.2) is 0 Å². The summed E-state index contributed by atoms with van der Waals surface area (Å²) < 4.78 is 15.0. The third kappa shape index (κ3) is 2.67. The van der Waals surface area contributed by atoms with E-state index in [-0.39, 0.29) is 5.91 Å². The summed E-state index contributed by atoms with van der Waals surface area (Å²) >= 11 is 0. The lowest BCUT2D eigenvalue weighted by molar-refractivity contribution is 0.102. The third-order valence-corrected chi connectivity index (χ3v) is 2.65. The Kier molecular flexibility index (Phi) is 3.70. The van der Waals surface area contributed by atoms with Crippen LogP contribution >= 0.6 is 0 Å². The summed E-state index contributed by atoms with van der Waals surface area (Å²) in [6.45, 7) is 1.70. The number of carbonyl (C=O) groups excluding carboxylic acids is 1. The predicted molar refractivity (Wildman–Crippen MR) is 68.7 cm³/mol. The number of aromatic nitrogens is 1. The van der Waals surface area contributed by atoms with E-state index in [4.69, 9.17) is 14.0 Å². The molecule has 6 nitrogen and oxygen atoms in total. The van der Waals surface area contributed by atoms with Crippen LogP contribution in [0.15, 0.2) is 29.0 Å². The van der Waals surface area contributed by atoms with Crippen molar-refractivity contribution in [3.05, 3.63) is 35.7 Å². The van der Waals surface area contributed by atoms with Gasteiger partial charge >= 0.3 is 0 Å². The molecule has 0 fully saturated rings. The number of nitrogens with one attached hydrogen (secondary N) is 1. The summed E-state index contributed by atoms with van der Waals surface area (Å²) in [5.74, 6) is 0.861. The number of amides is 1. The zero-order valence-electron chi connectivity index (χ0n) is 10.9. The topological polar surface area (TPSA) is 73.6 Å². The SMILES string of the molecule is COc1ccc(NC(=O)c2conc2C)c(OC)c1. The van der Waals surface area contributed by atoms with Crippen molar-refractivity contribution in [3.8, 4) is 11.5 Å². The number of nitrogens with zero attached hydrogens (tertiary/aromatic N) is 1. The molecule has 1 aromatic carbocycles. The van der Waals surface area contributed by atoms with Crippen LogP contribution in [-0.4, -0.2) is 25.3 Å². The lowest BCUT2D eigenvalue weighted by Crippen LogP contribution is -2.13. The van der Waals surface area contributed by atoms with Crippen LogP contribution in [0, 0.1) is 6.92 Å². The summed E-state index contributed by atoms with van der Waals surface area (Å²) in [7, 11) is 3.09. The van der Waals surface area contributed by atoms with E-state index in [1.165, 1.54) is 13.4 Å². The number of ether oxygens (including phenoxy) is 2. The van der Waals surface area contributed by atoms with Crippen molar-refractivity contribution in [1.82, 2.24) is 5.16 Å². The first-order chi connectivity index (χ1) is 9.15. The van der Waals surface area contributed by atoms with Gasteiger partial charge in [-0.1, -0.05) is 5.16 Å². The summed E-state index contributed by atoms with van der Waals surface area (Å²) in [6.07, 6.45) is 1.31. The Morgan fingerprint density at radius 2 is 2.11 bits per heavy atom. The first-order valence-electron chi connectivity index (χ1n) is 5.60. The van der Waals surface area contributed by atoms with Gasteiger partial charge in [-0.15, -0.1) is 0 Å². The van der Waals surface area contributed by atoms with Crippen molar-refractivity contribution in [2.75, 3.05) is 19.5 Å². The zero-order valence-corrected chi connectivity index (χ0v) is 10.9. The van der Waals surface area contributed by atoms with E-state index in [9.17, 15) is 4.79 Å². The highest BCUT2D eigenvalue weighted by Gasteiger charge is 2.15. The molecule has 0 spiro atoms. The maximum atomic E-state index is 12.0. The second kappa shape index (κ2) is 5.43. The van der Waals surface area contributed by atoms with Gasteiger partial charge in [0, 0.05) is 6.07 Å². The van der Waals surface area contributed by atoms with E-state index in [1.54, 1.807) is 32.2 Å². The van der Waals surface area contributed by atoms with Gasteiger partial charge in [-0.2, -0.15) is 0 Å². The molecule has 0 aliphatic heterocycles. The second-order valence-electron chi connectivity index (χ2n) is 3.83. The van der Waals surface area contributed by atoms with Gasteiger partial charge in [0.05, 0.1) is 25.6 Å². The number of benzene rings is 1. The molecule has 1 N–H and O–H groups in total. The Labute approximate surface area is 110 Å². The van der Waals surface area contributed by atoms with Crippen molar-refractivity contribution in [2.45, 2.75) is 6.92 Å². The van der Waals surface area contributed by atoms with Crippen LogP contribution in [0.3, 0.4) is 0 Å². The molecule has 0 radical (unpaired) electrons. The van der Waals surface area contributed by atoms with Gasteiger partial charge < -0.3 is 19.3 Å². The Balaban J connectivity index is 2.24. The van der Waals surface area contributed by atoms with Crippen molar-refractivity contribution in [2.24, 2.45) is 0 Å². The number of hydrogen-bond acceptors (Lipinski definition) is 5. The minimum absolute atomic E-state index is 0.304. The molecular formula is C13H14N2O4. The number of carbonyl (C=O) groups is 1. The molecule has 2 aromatic rings. The molecule has 0 atom stereocenters. The van der Waals surface area contributed by atoms with Crippen molar-refractivity contribution >= 4 is 11.6 Å². The van der Waals surface area contributed by atoms with Crippen molar-refractivity contribution in [3.63, 3.8) is 0 Å². The number of anilines is 1. The van der Waals surface area contributed by atoms with Gasteiger partial charge in [-0.05, 0) is 19.1 Å². The molecule has 19 heavy (non-hydrogen) atoms. The maximum Gasteiger partial charge on any atom is 0.260 e. The Morgan fingerprint density at radius 1 is 1.32 bits per heavy atom. The zero-order chi connectivity index (χ0) is 13.8. The van der Waals surface area contributed by atoms with E-state index in [1.807, 2.05) is 0 Å². The molecule has 2 rings (SSSR count). The van der Waals surface area contributed by atoms with Gasteiger partial charge in [0.15, 0.2) is 0 Å². The summed E-state index contributed by atoms with van der Waals surface area (Å²) in [5.41, 5.74) is 1.47. The largest absolute Gasteiger partial charge is 0.497 e. The molecule has 1 heterocycles. The van der Waals surface area contributed by atoms with Crippen LogP contribution in [0.5, 0.6) is 11.5 Å². The number of methoxy groups -OCH3 is 2. The standard InChI is InChI=1S/C13H14N2O4/c1-8-10(7-19-15-8)13(16)14-11-5-4-9(17-2)6-12(11)18-3/h4-7H,1-3H3,(H,14,16). The predicted octanol–water partition coefficient (Wildman–Crippen LogP) is 2.25. The second-order valence-corrected chi connectivity index (χ2v) is 3.83. The minimum atomic E-state index is -0.304. The molecule has 6 heteroatoms. The maximum absolute atomic E-state index is 12.0. The van der Waals surface area contributed by atoms with Crippen LogP contribution in [0.25, 0.3) is 0 Å². The molecule has 1 aromatic heterocycles. The summed E-state index contributed by atoms with van der Waals surface area (Å²) in [4.78, 5) is 12.0. The molecule has 0 aliphatic rings. The fourth-order valence-electron chi connectivity index (χ4n) is 1.60. The quantitative estimate of drug-likeness (QED) is 0.914. The molecule has 1 amide bonds. The highest BCUT2D eigenvalue weighted by molar-refractivity contribution is 6.05. The highest BCUT2D eigenvalue weighted by Crippen LogP contribution is 2.29. The lowest BCUT2D eigenvalue weighted by atomic mass is 10.2. The van der Waals surface area contributed by atoms with E-state index >= 15 is 0 Å². The van der Waals surface area contributed by atoms with E-state index in [2.05, 4.69) is 10.5 Å². The van der Waals surface area contributed by atoms with Crippen LogP contribution in [0.2, 0.25) is 0 Å². The highest BCUT2D eigenvalue weighted by atomic mass is 16.5. The summed E-state index contributed by atoms with van der Waals surface area (Å²) in [5, 5.41) is 6.40. The normalized spacial score (nSPS) is 10.1. The number of rotatable bonds is 4. The first-order valence-corrected chi connectivity index (χ1v) is 5.60. The number of aryl methyl sites for hydroxylation is 1. The average molecular weight is 262 g/mol. The van der Waals surface area contributed by atoms with E-state index in [0.717, 1.165) is 0 Å². The Bertz CT molecular complexity index is 592. The minimum Gasteiger partial charge on any atom is -0.497 e. The molecule has 0 aliphatic carbocycles. The van der Waals surface area contributed by atoms with Crippen LogP contribution in [-0.2, 0) is 0 Å². The van der Waals surface area contributed by atoms with E-state index in [0.29, 0.717) is 28.4 Å². The fourth-order valence-corrected chi connectivity index (χ4v) is 1.60. The fraction of sp³-hybridized carbons (Fsp3) is 0.231. The van der Waals surface area contributed by atoms with E-state index < -0.39 is 0 Å². The van der Waals surface area contributed by atoms with Crippen LogP contribution < -0.4 is 14.8 Å². The lowest BCUT2D eigenvalue weighted by Gasteiger charge is -2.11. The Hall–Kier alpha value is -2.50. The molecule has 100 valence electrons. The third-order valence-electron chi connectivity index (χ3n) is 2.65. The van der Waals surface area contributed by atoms with Crippen LogP contribution in [0.4, 0.5) is 5.69 Å². The van der Waals surface area contributed by atoms with Gasteiger partial charge in [0.25, 0.3) is 5.91 Å². The van der Waals surface area contributed by atoms with Gasteiger partial charge in [0.2, 0.25) is 0 Å². The molecule has 0 bridgehead atoms. The Morgan fingerprint density at radius 3 is 2.68 bits per heavy atom. The molecular weight excluding hydrogens is 248 g/mol. The van der Waals surface area contributed by atoms with Crippen molar-refractivity contribution < 1.29 is 18.8 Å². The average Bonchev–Trinajstić information content (AvgIpc) is 2.85. The monoisotopic (exact) mass is 262 g/mol. The molecule has 0 saturated heterocycles. The van der Waals surface area contributed by atoms with Gasteiger partial charge in [-0.3, -0.25) is 4.79 Å². The first kappa shape index (κ1) is 12.9. The van der Waals surface area contributed by atoms with Crippen molar-refractivity contribution in [1.29, 1.82) is 0 Å². The summed E-state index contributed by atoms with van der Waals surface area (Å²) in [6, 6.07) is 5.13. The van der Waals surface area contributed by atoms with Crippen LogP contribution in [0.1, 0.15) is 16.1 Å². The van der Waals surface area contributed by atoms with Gasteiger partial charge in [0.1, 0.15) is 23.3 Å². The molecule has 0 saturated carbocycles. The number of hydrogen-bond donors (Lipinski definition) is 1.